The van der Waals surface area contributed by atoms with Gasteiger partial charge in [0.25, 0.3) is 6.43 Å². The molecule has 0 spiro atoms. The van der Waals surface area contributed by atoms with E-state index < -0.39 is 45.8 Å². The van der Waals surface area contributed by atoms with Crippen molar-refractivity contribution in [2.45, 2.75) is 64.4 Å². The van der Waals surface area contributed by atoms with Gasteiger partial charge < -0.3 is 18.8 Å². The summed E-state index contributed by atoms with van der Waals surface area (Å²) >= 11 is 1.22. The SMILES string of the molecule is CC(C)(C)OC(=O)N1CC(n2cc(/C(=N\[S@@+]([O-])C(C)(C)C)C(F)F)c3cc(F)c(Br)cc32)C1. The van der Waals surface area contributed by atoms with Crippen molar-refractivity contribution < 1.29 is 27.3 Å². The first kappa shape index (κ1) is 25.9. The summed E-state index contributed by atoms with van der Waals surface area (Å²) in [5.74, 6) is -0.615. The number of ether oxygens (including phenoxy) is 1. The highest BCUT2D eigenvalue weighted by Crippen LogP contribution is 2.35. The van der Waals surface area contributed by atoms with Gasteiger partial charge in [0.05, 0.1) is 16.0 Å². The van der Waals surface area contributed by atoms with Crippen LogP contribution >= 0.6 is 15.9 Å². The van der Waals surface area contributed by atoms with Crippen molar-refractivity contribution in [2.24, 2.45) is 4.40 Å². The third-order valence-electron chi connectivity index (χ3n) is 4.97. The van der Waals surface area contributed by atoms with Gasteiger partial charge in [-0.2, -0.15) is 0 Å². The van der Waals surface area contributed by atoms with E-state index in [-0.39, 0.29) is 21.5 Å². The highest BCUT2D eigenvalue weighted by atomic mass is 79.9. The van der Waals surface area contributed by atoms with Crippen molar-refractivity contribution in [3.05, 3.63) is 34.2 Å². The van der Waals surface area contributed by atoms with E-state index in [0.717, 1.165) is 6.07 Å². The Labute approximate surface area is 202 Å². The average Bonchev–Trinajstić information content (AvgIpc) is 2.94. The van der Waals surface area contributed by atoms with Gasteiger partial charge in [0, 0.05) is 30.2 Å². The van der Waals surface area contributed by atoms with Crippen molar-refractivity contribution in [3.8, 4) is 0 Å². The Kier molecular flexibility index (Phi) is 7.18. The monoisotopic (exact) mass is 549 g/mol. The van der Waals surface area contributed by atoms with E-state index in [1.807, 2.05) is 0 Å². The fraction of sp³-hybridized carbons (Fsp3) is 0.545. The van der Waals surface area contributed by atoms with Gasteiger partial charge in [0.2, 0.25) is 0 Å². The summed E-state index contributed by atoms with van der Waals surface area (Å²) in [4.78, 5) is 13.8. The molecule has 1 saturated heterocycles. The third kappa shape index (κ3) is 5.68. The number of alkyl halides is 2. The smallest absolute Gasteiger partial charge is 0.410 e. The van der Waals surface area contributed by atoms with Crippen molar-refractivity contribution in [3.63, 3.8) is 0 Å². The maximum atomic E-state index is 14.4. The predicted octanol–water partition coefficient (Wildman–Crippen LogP) is 5.85. The van der Waals surface area contributed by atoms with E-state index >= 15 is 0 Å². The van der Waals surface area contributed by atoms with Crippen LogP contribution in [0.1, 0.15) is 53.1 Å². The van der Waals surface area contributed by atoms with E-state index in [1.54, 1.807) is 46.1 Å². The quantitative estimate of drug-likeness (QED) is 0.354. The summed E-state index contributed by atoms with van der Waals surface area (Å²) in [6, 6.07) is 2.44. The van der Waals surface area contributed by atoms with Crippen LogP contribution in [0.25, 0.3) is 10.9 Å². The number of likely N-dealkylation sites (tertiary alicyclic amines) is 1. The van der Waals surface area contributed by atoms with E-state index in [9.17, 15) is 22.5 Å². The van der Waals surface area contributed by atoms with Crippen molar-refractivity contribution in [1.82, 2.24) is 9.47 Å². The summed E-state index contributed by atoms with van der Waals surface area (Å²) in [5, 5.41) is 0.233. The van der Waals surface area contributed by atoms with Crippen LogP contribution in [0.4, 0.5) is 18.0 Å². The van der Waals surface area contributed by atoms with Crippen molar-refractivity contribution >= 4 is 50.0 Å². The lowest BCUT2D eigenvalue weighted by atomic mass is 10.1. The maximum Gasteiger partial charge on any atom is 0.410 e. The molecule has 182 valence electrons. The molecule has 1 fully saturated rings. The largest absolute Gasteiger partial charge is 0.591 e. The molecule has 2 aromatic rings. The molecule has 0 bridgehead atoms. The van der Waals surface area contributed by atoms with Gasteiger partial charge in [0.1, 0.15) is 27.5 Å². The van der Waals surface area contributed by atoms with Gasteiger partial charge >= 0.3 is 6.09 Å². The minimum absolute atomic E-state index is 0.0136. The van der Waals surface area contributed by atoms with Gasteiger partial charge in [-0.25, -0.2) is 18.0 Å². The molecule has 1 amide bonds. The fourth-order valence-electron chi connectivity index (χ4n) is 3.29. The lowest BCUT2D eigenvalue weighted by Crippen LogP contribution is -2.52. The van der Waals surface area contributed by atoms with Gasteiger partial charge in [-0.05, 0) is 69.6 Å². The highest BCUT2D eigenvalue weighted by Gasteiger charge is 2.37. The topological polar surface area (TPSA) is 69.9 Å². The number of hydrogen-bond donors (Lipinski definition) is 0. The Morgan fingerprint density at radius 2 is 1.85 bits per heavy atom. The number of nitrogens with zero attached hydrogens (tertiary/aromatic N) is 3. The second kappa shape index (κ2) is 9.14. The molecular weight excluding hydrogens is 523 g/mol. The number of aromatic nitrogens is 1. The molecule has 1 aliphatic heterocycles. The molecule has 0 N–H and O–H groups in total. The Balaban J connectivity index is 2.02. The number of rotatable bonds is 4. The van der Waals surface area contributed by atoms with Crippen LogP contribution < -0.4 is 0 Å². The van der Waals surface area contributed by atoms with Crippen LogP contribution in [0.2, 0.25) is 0 Å². The van der Waals surface area contributed by atoms with Crippen LogP contribution in [0.15, 0.2) is 27.2 Å². The normalized spacial score (nSPS) is 17.0. The molecule has 2 heterocycles. The molecule has 1 aromatic heterocycles. The molecular formula is C22H27BrF3N3O3S. The first-order valence-corrected chi connectivity index (χ1v) is 12.2. The first-order valence-electron chi connectivity index (χ1n) is 10.3. The summed E-state index contributed by atoms with van der Waals surface area (Å²) in [5.41, 5.74) is -0.776. The first-order chi connectivity index (χ1) is 15.1. The van der Waals surface area contributed by atoms with E-state index in [0.29, 0.717) is 18.6 Å². The zero-order valence-corrected chi connectivity index (χ0v) is 21.7. The molecule has 0 radical (unpaired) electrons. The summed E-state index contributed by atoms with van der Waals surface area (Å²) < 4.78 is 65.2. The number of benzene rings is 1. The molecule has 33 heavy (non-hydrogen) atoms. The third-order valence-corrected chi connectivity index (χ3v) is 6.99. The molecule has 3 rings (SSSR count). The Morgan fingerprint density at radius 3 is 2.36 bits per heavy atom. The number of fused-ring (bicyclic) bond motifs is 1. The molecule has 1 aliphatic rings. The molecule has 0 unspecified atom stereocenters. The zero-order chi connectivity index (χ0) is 24.9. The average molecular weight is 550 g/mol. The highest BCUT2D eigenvalue weighted by molar-refractivity contribution is 9.10. The summed E-state index contributed by atoms with van der Waals surface area (Å²) in [6.45, 7) is 10.8. The van der Waals surface area contributed by atoms with E-state index in [1.165, 1.54) is 17.2 Å². The molecule has 0 saturated carbocycles. The molecule has 6 nitrogen and oxygen atoms in total. The Bertz CT molecular complexity index is 1090. The molecule has 0 aliphatic carbocycles. The van der Waals surface area contributed by atoms with Crippen molar-refractivity contribution in [2.75, 3.05) is 13.1 Å². The number of amides is 1. The van der Waals surface area contributed by atoms with Crippen LogP contribution in [-0.2, 0) is 16.1 Å². The standard InChI is InChI=1S/C22H27BrF3N3O3S/c1-21(2,3)32-20(30)28-9-12(10-28)29-11-14(13-7-16(24)15(23)8-17(13)29)18(19(25)26)27-33(31)22(4,5)6/h7-8,11-12,19H,9-10H2,1-6H3/b27-18+/t33-/m0/s1. The van der Waals surface area contributed by atoms with Gasteiger partial charge in [-0.1, -0.05) is 4.40 Å². The van der Waals surface area contributed by atoms with Crippen LogP contribution in [0, 0.1) is 5.82 Å². The minimum Gasteiger partial charge on any atom is -0.591 e. The molecule has 1 atom stereocenters. The fourth-order valence-corrected chi connectivity index (χ4v) is 4.25. The summed E-state index contributed by atoms with van der Waals surface area (Å²) in [6.07, 6.45) is -2.00. The Hall–Kier alpha value is -1.72. The maximum absolute atomic E-state index is 14.4. The van der Waals surface area contributed by atoms with Gasteiger partial charge in [-0.15, -0.1) is 0 Å². The number of carbonyl (C=O) groups is 1. The van der Waals surface area contributed by atoms with Gasteiger partial charge in [0.15, 0.2) is 5.71 Å². The lowest BCUT2D eigenvalue weighted by Gasteiger charge is -2.40. The van der Waals surface area contributed by atoms with Crippen LogP contribution in [0.5, 0.6) is 0 Å². The van der Waals surface area contributed by atoms with Crippen LogP contribution in [-0.4, -0.2) is 55.7 Å². The zero-order valence-electron chi connectivity index (χ0n) is 19.3. The predicted molar refractivity (Wildman–Crippen MR) is 127 cm³/mol. The second-order valence-electron chi connectivity index (χ2n) is 9.91. The number of halogens is 4. The van der Waals surface area contributed by atoms with E-state index in [4.69, 9.17) is 4.74 Å². The lowest BCUT2D eigenvalue weighted by molar-refractivity contribution is 0.00157. The van der Waals surface area contributed by atoms with Crippen LogP contribution in [0.3, 0.4) is 0 Å². The van der Waals surface area contributed by atoms with Crippen molar-refractivity contribution in [1.29, 1.82) is 0 Å². The molecule has 1 aromatic carbocycles. The molecule has 11 heteroatoms. The minimum atomic E-state index is -3.01. The summed E-state index contributed by atoms with van der Waals surface area (Å²) in [7, 11) is 0. The number of carbonyl (C=O) groups excluding carboxylic acids is 1. The van der Waals surface area contributed by atoms with Gasteiger partial charge in [-0.3, -0.25) is 0 Å². The van der Waals surface area contributed by atoms with E-state index in [2.05, 4.69) is 20.3 Å². The second-order valence-corrected chi connectivity index (χ2v) is 12.7. The number of hydrogen-bond acceptors (Lipinski definition) is 4. The Morgan fingerprint density at radius 1 is 1.24 bits per heavy atom.